The zero-order valence-corrected chi connectivity index (χ0v) is 9.84. The van der Waals surface area contributed by atoms with Crippen LogP contribution in [0.15, 0.2) is 0 Å². The molecule has 12 heavy (non-hydrogen) atoms. The van der Waals surface area contributed by atoms with Crippen LogP contribution in [0.2, 0.25) is 0 Å². The van der Waals surface area contributed by atoms with E-state index in [0.717, 1.165) is 12.8 Å². The maximum Gasteiger partial charge on any atom is 0.244 e. The molecule has 0 N–H and O–H groups in total. The smallest absolute Gasteiger partial charge is 0.244 e. The van der Waals surface area contributed by atoms with Gasteiger partial charge >= 0.3 is 0 Å². The lowest BCUT2D eigenvalue weighted by Crippen LogP contribution is -2.14. The second-order valence-corrected chi connectivity index (χ2v) is 8.36. The second kappa shape index (κ2) is 4.97. The Morgan fingerprint density at radius 1 is 1.33 bits per heavy atom. The molecule has 0 amide bonds. The summed E-state index contributed by atoms with van der Waals surface area (Å²) in [4.78, 5) is 0. The van der Waals surface area contributed by atoms with E-state index in [2.05, 4.69) is 12.2 Å². The molecule has 0 aromatic heterocycles. The van der Waals surface area contributed by atoms with Crippen LogP contribution in [0.3, 0.4) is 0 Å². The van der Waals surface area contributed by atoms with E-state index in [1.54, 1.807) is 7.11 Å². The Kier molecular flexibility index (Phi) is 4.55. The zero-order chi connectivity index (χ0) is 9.03. The van der Waals surface area contributed by atoms with Crippen molar-refractivity contribution >= 4 is 29.7 Å². The van der Waals surface area contributed by atoms with E-state index >= 15 is 0 Å². The number of thiol groups is 1. The Labute approximate surface area is 84.3 Å². The largest absolute Gasteiger partial charge is 0.325 e. The number of rotatable bonds is 3. The summed E-state index contributed by atoms with van der Waals surface area (Å²) in [6, 6.07) is 0. The first-order valence-corrected chi connectivity index (χ1v) is 8.00. The lowest BCUT2D eigenvalue weighted by Gasteiger charge is -2.25. The average Bonchev–Trinajstić information content (AvgIpc) is 2.06. The average molecular weight is 226 g/mol. The van der Waals surface area contributed by atoms with E-state index in [9.17, 15) is 0 Å². The summed E-state index contributed by atoms with van der Waals surface area (Å²) in [5.74, 6) is 0. The summed E-state index contributed by atoms with van der Waals surface area (Å²) in [5, 5.41) is 0. The van der Waals surface area contributed by atoms with E-state index in [0.29, 0.717) is 6.10 Å². The van der Waals surface area contributed by atoms with E-state index in [4.69, 9.17) is 20.9 Å². The minimum Gasteiger partial charge on any atom is -0.325 e. The van der Waals surface area contributed by atoms with E-state index < -0.39 is 5.69 Å². The molecule has 0 spiro atoms. The Hall–Kier alpha value is 0.920. The normalized spacial score (nSPS) is 25.2. The molecule has 1 saturated carbocycles. The molecule has 0 heterocycles. The summed E-state index contributed by atoms with van der Waals surface area (Å²) in [7, 11) is 1.57. The first-order chi connectivity index (χ1) is 5.64. The van der Waals surface area contributed by atoms with Crippen molar-refractivity contribution in [3.63, 3.8) is 0 Å². The van der Waals surface area contributed by atoms with Gasteiger partial charge in [-0.1, -0.05) is 31.5 Å². The van der Waals surface area contributed by atoms with Crippen LogP contribution in [0.4, 0.5) is 0 Å². The van der Waals surface area contributed by atoms with Crippen LogP contribution < -0.4 is 0 Å². The van der Waals surface area contributed by atoms with Crippen molar-refractivity contribution < 1.29 is 9.05 Å². The van der Waals surface area contributed by atoms with Gasteiger partial charge in [0.15, 0.2) is 0 Å². The highest BCUT2D eigenvalue weighted by Gasteiger charge is 2.20. The molecule has 0 bridgehead atoms. The van der Waals surface area contributed by atoms with Crippen LogP contribution in [-0.2, 0) is 20.9 Å². The Bertz CT molecular complexity index is 180. The van der Waals surface area contributed by atoms with Gasteiger partial charge in [-0.15, -0.1) is 0 Å². The topological polar surface area (TPSA) is 18.5 Å². The first kappa shape index (κ1) is 11.0. The fourth-order valence-electron chi connectivity index (χ4n) is 1.40. The molecule has 0 aromatic rings. The molecule has 0 aliphatic heterocycles. The third kappa shape index (κ3) is 3.75. The zero-order valence-electron chi connectivity index (χ0n) is 7.23. The van der Waals surface area contributed by atoms with Crippen molar-refractivity contribution in [3.8, 4) is 0 Å². The van der Waals surface area contributed by atoms with Gasteiger partial charge in [0, 0.05) is 7.11 Å². The molecule has 1 atom stereocenters. The van der Waals surface area contributed by atoms with Gasteiger partial charge in [-0.2, -0.15) is 0 Å². The summed E-state index contributed by atoms with van der Waals surface area (Å²) >= 11 is 9.23. The molecule has 0 aromatic carbocycles. The van der Waals surface area contributed by atoms with Gasteiger partial charge in [0.2, 0.25) is 5.69 Å². The standard InChI is InChI=1S/C7H15O2PS2/c1-8-10(11,12)9-7-5-3-2-4-6-7/h7H,2-6H2,1H3,(H,11,12). The summed E-state index contributed by atoms with van der Waals surface area (Å²) in [6.45, 7) is 0. The van der Waals surface area contributed by atoms with Crippen LogP contribution >= 0.6 is 17.9 Å². The third-order valence-corrected chi connectivity index (χ3v) is 4.57. The van der Waals surface area contributed by atoms with Crippen molar-refractivity contribution in [3.05, 3.63) is 0 Å². The van der Waals surface area contributed by atoms with Crippen LogP contribution in [0.5, 0.6) is 0 Å². The highest BCUT2D eigenvalue weighted by atomic mass is 32.9. The highest BCUT2D eigenvalue weighted by Crippen LogP contribution is 2.54. The molecule has 1 rings (SSSR count). The molecule has 2 nitrogen and oxygen atoms in total. The molecule has 72 valence electrons. The second-order valence-electron chi connectivity index (χ2n) is 3.02. The number of hydrogen-bond acceptors (Lipinski definition) is 3. The molecule has 1 aliphatic carbocycles. The van der Waals surface area contributed by atoms with Gasteiger partial charge in [-0.3, -0.25) is 0 Å². The fourth-order valence-corrected chi connectivity index (χ4v) is 2.84. The fraction of sp³-hybridized carbons (Fsp3) is 1.00. The molecule has 5 heteroatoms. The molecule has 1 fully saturated rings. The van der Waals surface area contributed by atoms with Gasteiger partial charge in [-0.25, -0.2) is 0 Å². The molecule has 0 saturated heterocycles. The summed E-state index contributed by atoms with van der Waals surface area (Å²) < 4.78 is 10.6. The van der Waals surface area contributed by atoms with E-state index in [1.165, 1.54) is 19.3 Å². The van der Waals surface area contributed by atoms with Crippen molar-refractivity contribution in [2.45, 2.75) is 38.2 Å². The van der Waals surface area contributed by atoms with Crippen LogP contribution in [0.25, 0.3) is 0 Å². The summed E-state index contributed by atoms with van der Waals surface area (Å²) in [5.41, 5.74) is -2.21. The maximum atomic E-state index is 5.60. The predicted octanol–water partition coefficient (Wildman–Crippen LogP) is 3.14. The number of hydrogen-bond donors (Lipinski definition) is 1. The minimum atomic E-state index is -2.21. The quantitative estimate of drug-likeness (QED) is 0.589. The van der Waals surface area contributed by atoms with E-state index in [-0.39, 0.29) is 0 Å². The maximum absolute atomic E-state index is 5.60. The van der Waals surface area contributed by atoms with Gasteiger partial charge in [0.1, 0.15) is 0 Å². The van der Waals surface area contributed by atoms with Crippen LogP contribution in [0, 0.1) is 0 Å². The van der Waals surface area contributed by atoms with Gasteiger partial charge in [-0.05, 0) is 24.6 Å². The Morgan fingerprint density at radius 3 is 2.42 bits per heavy atom. The van der Waals surface area contributed by atoms with Gasteiger partial charge in [0.25, 0.3) is 0 Å². The molecule has 0 radical (unpaired) electrons. The lowest BCUT2D eigenvalue weighted by atomic mass is 9.98. The van der Waals surface area contributed by atoms with Gasteiger partial charge < -0.3 is 9.05 Å². The van der Waals surface area contributed by atoms with Crippen molar-refractivity contribution in [1.29, 1.82) is 0 Å². The minimum absolute atomic E-state index is 0.294. The van der Waals surface area contributed by atoms with Crippen molar-refractivity contribution in [1.82, 2.24) is 0 Å². The highest BCUT2D eigenvalue weighted by molar-refractivity contribution is 8.60. The molecule has 1 aliphatic rings. The van der Waals surface area contributed by atoms with Gasteiger partial charge in [0.05, 0.1) is 6.10 Å². The SMILES string of the molecule is COP(=S)(S)OC1CCCCC1. The van der Waals surface area contributed by atoms with Crippen molar-refractivity contribution in [2.75, 3.05) is 7.11 Å². The first-order valence-electron chi connectivity index (χ1n) is 4.21. The predicted molar refractivity (Wildman–Crippen MR) is 58.2 cm³/mol. The Morgan fingerprint density at radius 2 is 1.92 bits per heavy atom. The van der Waals surface area contributed by atoms with Crippen LogP contribution in [0.1, 0.15) is 32.1 Å². The molecule has 1 unspecified atom stereocenters. The lowest BCUT2D eigenvalue weighted by molar-refractivity contribution is 0.155. The molecular formula is C7H15O2PS2. The monoisotopic (exact) mass is 226 g/mol. The van der Waals surface area contributed by atoms with Crippen molar-refractivity contribution in [2.24, 2.45) is 0 Å². The van der Waals surface area contributed by atoms with E-state index in [1.807, 2.05) is 0 Å². The molecular weight excluding hydrogens is 211 g/mol. The van der Waals surface area contributed by atoms with Crippen LogP contribution in [-0.4, -0.2) is 13.2 Å². The Balaban J connectivity index is 2.34. The summed E-state index contributed by atoms with van der Waals surface area (Å²) in [6.07, 6.45) is 6.34. The third-order valence-electron chi connectivity index (χ3n) is 2.07.